The number of unbranched alkanes of at least 4 members (excludes halogenated alkanes) is 1. The van der Waals surface area contributed by atoms with Crippen LogP contribution in [0.3, 0.4) is 0 Å². The molecule has 0 saturated heterocycles. The molecule has 64 valence electrons. The topological polar surface area (TPSA) is 44.5 Å². The number of ether oxygens (including phenoxy) is 1. The average Bonchev–Trinajstić information content (AvgIpc) is 1.89. The summed E-state index contributed by atoms with van der Waals surface area (Å²) in [7, 11) is 0. The van der Waals surface area contributed by atoms with Crippen molar-refractivity contribution in [1.82, 2.24) is 0 Å². The molecule has 0 saturated carbocycles. The molecule has 2 N–H and O–H groups in total. The lowest BCUT2D eigenvalue weighted by molar-refractivity contribution is 0.109. The van der Waals surface area contributed by atoms with Crippen molar-refractivity contribution in [3.05, 3.63) is 0 Å². The van der Waals surface area contributed by atoms with Crippen molar-refractivity contribution >= 4 is 12.4 Å². The number of nitrogens with two attached hydrogens (primary N) is 1. The van der Waals surface area contributed by atoms with Gasteiger partial charge in [0.15, 0.2) is 0 Å². The predicted molar refractivity (Wildman–Crippen MR) is 43.1 cm³/mol. The van der Waals surface area contributed by atoms with Gasteiger partial charge in [-0.1, -0.05) is 0 Å². The fourth-order valence-corrected chi connectivity index (χ4v) is 0.534. The molecule has 0 bridgehead atoms. The first-order chi connectivity index (χ1) is 4.41. The summed E-state index contributed by atoms with van der Waals surface area (Å²) in [6.45, 7) is 4.23. The first-order valence-electron chi connectivity index (χ1n) is 3.31. The highest BCUT2D eigenvalue weighted by Gasteiger charge is 1.85. The molecule has 10 heavy (non-hydrogen) atoms. The monoisotopic (exact) mass is 169 g/mol. The highest BCUT2D eigenvalue weighted by Crippen LogP contribution is 1.88. The zero-order valence-electron chi connectivity index (χ0n) is 6.34. The average molecular weight is 170 g/mol. The molecule has 0 unspecified atom stereocenters. The SMILES string of the molecule is CCOCCCCON.Cl. The Kier molecular flexibility index (Phi) is 15.3. The van der Waals surface area contributed by atoms with Crippen LogP contribution in [0.2, 0.25) is 0 Å². The lowest BCUT2D eigenvalue weighted by Gasteiger charge is -1.98. The Bertz CT molecular complexity index is 49.0. The van der Waals surface area contributed by atoms with Gasteiger partial charge >= 0.3 is 0 Å². The molecule has 0 aromatic rings. The maximum absolute atomic E-state index is 5.08. The Morgan fingerprint density at radius 2 is 1.80 bits per heavy atom. The molecular formula is C6H16ClNO2. The highest BCUT2D eigenvalue weighted by molar-refractivity contribution is 5.85. The van der Waals surface area contributed by atoms with Gasteiger partial charge in [0.25, 0.3) is 0 Å². The van der Waals surface area contributed by atoms with Crippen LogP contribution >= 0.6 is 12.4 Å². The Balaban J connectivity index is 0. The third kappa shape index (κ3) is 11.0. The minimum absolute atomic E-state index is 0. The van der Waals surface area contributed by atoms with E-state index < -0.39 is 0 Å². The van der Waals surface area contributed by atoms with Crippen LogP contribution in [-0.2, 0) is 9.57 Å². The van der Waals surface area contributed by atoms with Crippen molar-refractivity contribution < 1.29 is 9.57 Å². The molecule has 0 spiro atoms. The molecule has 0 atom stereocenters. The van der Waals surface area contributed by atoms with Gasteiger partial charge in [0.05, 0.1) is 6.61 Å². The molecular weight excluding hydrogens is 154 g/mol. The van der Waals surface area contributed by atoms with Crippen LogP contribution < -0.4 is 5.90 Å². The minimum Gasteiger partial charge on any atom is -0.382 e. The quantitative estimate of drug-likeness (QED) is 0.479. The Labute approximate surface area is 68.2 Å². The van der Waals surface area contributed by atoms with E-state index in [-0.39, 0.29) is 12.4 Å². The number of halogens is 1. The van der Waals surface area contributed by atoms with Crippen molar-refractivity contribution in [1.29, 1.82) is 0 Å². The third-order valence-corrected chi connectivity index (χ3v) is 1.00. The summed E-state index contributed by atoms with van der Waals surface area (Å²) in [5, 5.41) is 0. The number of hydrogen-bond donors (Lipinski definition) is 1. The summed E-state index contributed by atoms with van der Waals surface area (Å²) in [6, 6.07) is 0. The predicted octanol–water partition coefficient (Wildman–Crippen LogP) is 1.12. The molecule has 0 aromatic carbocycles. The van der Waals surface area contributed by atoms with E-state index in [1.165, 1.54) is 0 Å². The molecule has 0 aliphatic carbocycles. The number of hydrogen-bond acceptors (Lipinski definition) is 3. The zero-order chi connectivity index (χ0) is 6.95. The summed E-state index contributed by atoms with van der Waals surface area (Å²) in [6.07, 6.45) is 2.02. The van der Waals surface area contributed by atoms with Crippen LogP contribution in [0.25, 0.3) is 0 Å². The van der Waals surface area contributed by atoms with Gasteiger partial charge in [0, 0.05) is 13.2 Å². The van der Waals surface area contributed by atoms with Gasteiger partial charge in [-0.25, -0.2) is 5.90 Å². The Hall–Kier alpha value is 0.170. The van der Waals surface area contributed by atoms with Gasteiger partial charge in [0.2, 0.25) is 0 Å². The normalized spacial score (nSPS) is 9.00. The lowest BCUT2D eigenvalue weighted by Crippen LogP contribution is -2.02. The first-order valence-corrected chi connectivity index (χ1v) is 3.31. The molecule has 0 aromatic heterocycles. The van der Waals surface area contributed by atoms with E-state index in [1.54, 1.807) is 0 Å². The van der Waals surface area contributed by atoms with Crippen molar-refractivity contribution in [2.45, 2.75) is 19.8 Å². The van der Waals surface area contributed by atoms with Crippen molar-refractivity contribution in [2.75, 3.05) is 19.8 Å². The molecule has 0 heterocycles. The molecule has 3 nitrogen and oxygen atoms in total. The van der Waals surface area contributed by atoms with Crippen molar-refractivity contribution in [2.24, 2.45) is 5.90 Å². The zero-order valence-corrected chi connectivity index (χ0v) is 7.15. The molecule has 0 amide bonds. The van der Waals surface area contributed by atoms with Gasteiger partial charge in [-0.15, -0.1) is 12.4 Å². The van der Waals surface area contributed by atoms with E-state index in [1.807, 2.05) is 6.92 Å². The lowest BCUT2D eigenvalue weighted by atomic mass is 10.3. The van der Waals surface area contributed by atoms with E-state index in [0.717, 1.165) is 26.1 Å². The largest absolute Gasteiger partial charge is 0.382 e. The summed E-state index contributed by atoms with van der Waals surface area (Å²) < 4.78 is 5.08. The van der Waals surface area contributed by atoms with Crippen LogP contribution in [0.4, 0.5) is 0 Å². The summed E-state index contributed by atoms with van der Waals surface area (Å²) in [5.41, 5.74) is 0. The van der Waals surface area contributed by atoms with E-state index in [9.17, 15) is 0 Å². The van der Waals surface area contributed by atoms with Crippen LogP contribution in [0.15, 0.2) is 0 Å². The van der Waals surface area contributed by atoms with E-state index in [4.69, 9.17) is 10.6 Å². The van der Waals surface area contributed by atoms with Crippen molar-refractivity contribution in [3.8, 4) is 0 Å². The summed E-state index contributed by atoms with van der Waals surface area (Å²) >= 11 is 0. The molecule has 0 fully saturated rings. The molecule has 0 aliphatic heterocycles. The van der Waals surface area contributed by atoms with E-state index in [0.29, 0.717) is 6.61 Å². The molecule has 0 rings (SSSR count). The van der Waals surface area contributed by atoms with Crippen molar-refractivity contribution in [3.63, 3.8) is 0 Å². The van der Waals surface area contributed by atoms with E-state index >= 15 is 0 Å². The smallest absolute Gasteiger partial charge is 0.0680 e. The maximum Gasteiger partial charge on any atom is 0.0680 e. The Morgan fingerprint density at radius 1 is 1.20 bits per heavy atom. The van der Waals surface area contributed by atoms with Gasteiger partial charge < -0.3 is 9.57 Å². The molecule has 4 heteroatoms. The summed E-state index contributed by atoms with van der Waals surface area (Å²) in [4.78, 5) is 4.37. The summed E-state index contributed by atoms with van der Waals surface area (Å²) in [5.74, 6) is 4.80. The van der Waals surface area contributed by atoms with Crippen LogP contribution in [-0.4, -0.2) is 19.8 Å². The third-order valence-electron chi connectivity index (χ3n) is 1.00. The first kappa shape index (κ1) is 12.8. The van der Waals surface area contributed by atoms with Gasteiger partial charge in [-0.05, 0) is 19.8 Å². The number of rotatable bonds is 6. The Morgan fingerprint density at radius 3 is 2.30 bits per heavy atom. The standard InChI is InChI=1S/C6H15NO2.ClH/c1-2-8-5-3-4-6-9-7;/h2-7H2,1H3;1H. The van der Waals surface area contributed by atoms with Crippen LogP contribution in [0.5, 0.6) is 0 Å². The minimum atomic E-state index is 0. The van der Waals surface area contributed by atoms with Gasteiger partial charge in [0.1, 0.15) is 0 Å². The van der Waals surface area contributed by atoms with Crippen LogP contribution in [0.1, 0.15) is 19.8 Å². The molecule has 0 radical (unpaired) electrons. The van der Waals surface area contributed by atoms with Gasteiger partial charge in [-0.2, -0.15) is 0 Å². The molecule has 0 aliphatic rings. The second-order valence-electron chi connectivity index (χ2n) is 1.77. The second kappa shape index (κ2) is 11.9. The highest BCUT2D eigenvalue weighted by atomic mass is 35.5. The van der Waals surface area contributed by atoms with E-state index in [2.05, 4.69) is 4.84 Å². The maximum atomic E-state index is 5.08. The van der Waals surface area contributed by atoms with Gasteiger partial charge in [-0.3, -0.25) is 0 Å². The fourth-order valence-electron chi connectivity index (χ4n) is 0.534. The second-order valence-corrected chi connectivity index (χ2v) is 1.77. The van der Waals surface area contributed by atoms with Crippen LogP contribution in [0, 0.1) is 0 Å². The fraction of sp³-hybridized carbons (Fsp3) is 1.00.